The molecule has 0 radical (unpaired) electrons. The zero-order chi connectivity index (χ0) is 7.78. The second-order valence-corrected chi connectivity index (χ2v) is 2.42. The van der Waals surface area contributed by atoms with Crippen molar-refractivity contribution in [2.75, 3.05) is 0 Å². The maximum Gasteiger partial charge on any atom is 0.522 e. The molecule has 0 atom stereocenters. The SMILES string of the molecule is NC1CC(OC(F)(F)F)C1. The molecule has 0 aromatic carbocycles. The molecule has 0 saturated heterocycles. The van der Waals surface area contributed by atoms with Crippen LogP contribution in [0.25, 0.3) is 0 Å². The van der Waals surface area contributed by atoms with E-state index >= 15 is 0 Å². The van der Waals surface area contributed by atoms with E-state index in [-0.39, 0.29) is 6.04 Å². The first-order valence-electron chi connectivity index (χ1n) is 2.97. The number of ether oxygens (including phenoxy) is 1. The molecule has 1 saturated carbocycles. The Morgan fingerprint density at radius 2 is 1.80 bits per heavy atom. The highest BCUT2D eigenvalue weighted by molar-refractivity contribution is 4.82. The van der Waals surface area contributed by atoms with Crippen molar-refractivity contribution >= 4 is 0 Å². The summed E-state index contributed by atoms with van der Waals surface area (Å²) in [7, 11) is 0. The minimum absolute atomic E-state index is 0.104. The molecule has 1 fully saturated rings. The van der Waals surface area contributed by atoms with Crippen molar-refractivity contribution in [1.82, 2.24) is 0 Å². The van der Waals surface area contributed by atoms with E-state index in [0.29, 0.717) is 12.8 Å². The molecule has 0 amide bonds. The third-order valence-corrected chi connectivity index (χ3v) is 1.43. The van der Waals surface area contributed by atoms with E-state index in [1.54, 1.807) is 0 Å². The van der Waals surface area contributed by atoms with Gasteiger partial charge in [-0.15, -0.1) is 13.2 Å². The molecule has 1 rings (SSSR count). The van der Waals surface area contributed by atoms with Crippen molar-refractivity contribution in [3.05, 3.63) is 0 Å². The number of nitrogens with two attached hydrogens (primary N) is 1. The number of hydrogen-bond acceptors (Lipinski definition) is 2. The van der Waals surface area contributed by atoms with Crippen molar-refractivity contribution in [3.63, 3.8) is 0 Å². The number of hydrogen-bond donors (Lipinski definition) is 1. The molecule has 0 bridgehead atoms. The summed E-state index contributed by atoms with van der Waals surface area (Å²) in [5.41, 5.74) is 5.24. The zero-order valence-corrected chi connectivity index (χ0v) is 5.19. The lowest BCUT2D eigenvalue weighted by atomic mass is 9.90. The molecule has 0 spiro atoms. The van der Waals surface area contributed by atoms with Gasteiger partial charge in [-0.2, -0.15) is 0 Å². The molecule has 0 aromatic heterocycles. The van der Waals surface area contributed by atoms with Crippen LogP contribution in [0.5, 0.6) is 0 Å². The maximum absolute atomic E-state index is 11.4. The largest absolute Gasteiger partial charge is 0.522 e. The molecule has 0 aliphatic heterocycles. The quantitative estimate of drug-likeness (QED) is 0.613. The second kappa shape index (κ2) is 2.39. The first-order valence-corrected chi connectivity index (χ1v) is 2.97. The molecular formula is C5H8F3NO. The van der Waals surface area contributed by atoms with Crippen molar-refractivity contribution in [1.29, 1.82) is 0 Å². The van der Waals surface area contributed by atoms with E-state index in [1.165, 1.54) is 0 Å². The summed E-state index contributed by atoms with van der Waals surface area (Å²) in [4.78, 5) is 0. The fraction of sp³-hybridized carbons (Fsp3) is 1.00. The number of rotatable bonds is 1. The van der Waals surface area contributed by atoms with Crippen molar-refractivity contribution in [2.45, 2.75) is 31.3 Å². The van der Waals surface area contributed by atoms with Gasteiger partial charge in [0.25, 0.3) is 0 Å². The highest BCUT2D eigenvalue weighted by atomic mass is 19.4. The van der Waals surface area contributed by atoms with Gasteiger partial charge in [-0.05, 0) is 12.8 Å². The Morgan fingerprint density at radius 3 is 2.10 bits per heavy atom. The van der Waals surface area contributed by atoms with Gasteiger partial charge < -0.3 is 5.73 Å². The standard InChI is InChI=1S/C5H8F3NO/c6-5(7,8)10-4-1-3(9)2-4/h3-4H,1-2,9H2. The predicted molar refractivity (Wildman–Crippen MR) is 28.1 cm³/mol. The summed E-state index contributed by atoms with van der Waals surface area (Å²) in [5.74, 6) is 0. The first kappa shape index (κ1) is 7.81. The van der Waals surface area contributed by atoms with Crippen LogP contribution in [-0.2, 0) is 4.74 Å². The predicted octanol–water partition coefficient (Wildman–Crippen LogP) is 1.01. The molecular weight excluding hydrogens is 147 g/mol. The van der Waals surface area contributed by atoms with Crippen molar-refractivity contribution in [3.8, 4) is 0 Å². The Balaban J connectivity index is 2.16. The summed E-state index contributed by atoms with van der Waals surface area (Å²) in [6, 6.07) is -0.104. The van der Waals surface area contributed by atoms with Gasteiger partial charge >= 0.3 is 6.36 Å². The van der Waals surface area contributed by atoms with E-state index in [0.717, 1.165) is 0 Å². The van der Waals surface area contributed by atoms with Gasteiger partial charge in [0.1, 0.15) is 0 Å². The van der Waals surface area contributed by atoms with Gasteiger partial charge in [0.2, 0.25) is 0 Å². The van der Waals surface area contributed by atoms with E-state index in [4.69, 9.17) is 5.73 Å². The molecule has 5 heteroatoms. The number of alkyl halides is 3. The van der Waals surface area contributed by atoms with E-state index in [9.17, 15) is 13.2 Å². The lowest BCUT2D eigenvalue weighted by molar-refractivity contribution is -0.351. The van der Waals surface area contributed by atoms with Gasteiger partial charge in [0.05, 0.1) is 6.10 Å². The minimum atomic E-state index is -4.50. The topological polar surface area (TPSA) is 35.2 Å². The minimum Gasteiger partial charge on any atom is -0.328 e. The van der Waals surface area contributed by atoms with E-state index in [2.05, 4.69) is 4.74 Å². The van der Waals surface area contributed by atoms with Crippen molar-refractivity contribution < 1.29 is 17.9 Å². The van der Waals surface area contributed by atoms with Gasteiger partial charge in [-0.25, -0.2) is 0 Å². The molecule has 0 heterocycles. The van der Waals surface area contributed by atoms with Crippen LogP contribution in [0.4, 0.5) is 13.2 Å². The molecule has 2 N–H and O–H groups in total. The third-order valence-electron chi connectivity index (χ3n) is 1.43. The molecule has 2 nitrogen and oxygen atoms in total. The Hall–Kier alpha value is -0.290. The Labute approximate surface area is 56.1 Å². The van der Waals surface area contributed by atoms with Crippen LogP contribution in [0.3, 0.4) is 0 Å². The van der Waals surface area contributed by atoms with Crippen LogP contribution in [0.2, 0.25) is 0 Å². The Bertz CT molecular complexity index is 119. The smallest absolute Gasteiger partial charge is 0.328 e. The zero-order valence-electron chi connectivity index (χ0n) is 5.19. The summed E-state index contributed by atoms with van der Waals surface area (Å²) < 4.78 is 37.8. The average molecular weight is 155 g/mol. The van der Waals surface area contributed by atoms with Crippen LogP contribution < -0.4 is 5.73 Å². The monoisotopic (exact) mass is 155 g/mol. The fourth-order valence-corrected chi connectivity index (χ4v) is 0.892. The highest BCUT2D eigenvalue weighted by Crippen LogP contribution is 2.28. The molecule has 0 aromatic rings. The van der Waals surface area contributed by atoms with E-state index < -0.39 is 12.5 Å². The normalized spacial score (nSPS) is 33.6. The van der Waals surface area contributed by atoms with Crippen LogP contribution in [0.1, 0.15) is 12.8 Å². The van der Waals surface area contributed by atoms with Gasteiger partial charge in [0, 0.05) is 6.04 Å². The van der Waals surface area contributed by atoms with Crippen LogP contribution in [-0.4, -0.2) is 18.5 Å². The summed E-state index contributed by atoms with van der Waals surface area (Å²) in [5, 5.41) is 0. The lowest BCUT2D eigenvalue weighted by Crippen LogP contribution is -2.44. The maximum atomic E-state index is 11.4. The van der Waals surface area contributed by atoms with Crippen LogP contribution in [0.15, 0.2) is 0 Å². The van der Waals surface area contributed by atoms with Gasteiger partial charge in [-0.3, -0.25) is 4.74 Å². The van der Waals surface area contributed by atoms with Gasteiger partial charge in [0.15, 0.2) is 0 Å². The summed E-state index contributed by atoms with van der Waals surface area (Å²) in [6.45, 7) is 0. The molecule has 10 heavy (non-hydrogen) atoms. The fourth-order valence-electron chi connectivity index (χ4n) is 0.892. The second-order valence-electron chi connectivity index (χ2n) is 2.42. The molecule has 60 valence electrons. The lowest BCUT2D eigenvalue weighted by Gasteiger charge is -2.32. The summed E-state index contributed by atoms with van der Waals surface area (Å²) >= 11 is 0. The van der Waals surface area contributed by atoms with E-state index in [1.807, 2.05) is 0 Å². The van der Waals surface area contributed by atoms with Gasteiger partial charge in [-0.1, -0.05) is 0 Å². The first-order chi connectivity index (χ1) is 4.47. The summed E-state index contributed by atoms with van der Waals surface area (Å²) in [6.07, 6.45) is -4.56. The van der Waals surface area contributed by atoms with Crippen molar-refractivity contribution in [2.24, 2.45) is 5.73 Å². The number of halogens is 3. The Morgan fingerprint density at radius 1 is 1.30 bits per heavy atom. The van der Waals surface area contributed by atoms with Crippen LogP contribution >= 0.6 is 0 Å². The highest BCUT2D eigenvalue weighted by Gasteiger charge is 2.38. The molecule has 1 aliphatic rings. The molecule has 1 aliphatic carbocycles. The van der Waals surface area contributed by atoms with Crippen LogP contribution in [0, 0.1) is 0 Å². The molecule has 0 unspecified atom stereocenters. The average Bonchev–Trinajstić information content (AvgIpc) is 1.57. The Kier molecular flexibility index (Phi) is 1.87. The third kappa shape index (κ3) is 2.15.